The van der Waals surface area contributed by atoms with Gasteiger partial charge in [0.15, 0.2) is 0 Å². The number of epoxide rings is 1. The molecular formula is C9H6BrF3O. The van der Waals surface area contributed by atoms with Gasteiger partial charge >= 0.3 is 6.18 Å². The molecule has 0 spiro atoms. The monoisotopic (exact) mass is 266 g/mol. The fourth-order valence-electron chi connectivity index (χ4n) is 1.20. The SMILES string of the molecule is FC(F)(F)c1cc(C2CO2)ccc1Br. The van der Waals surface area contributed by atoms with E-state index in [9.17, 15) is 13.2 Å². The minimum absolute atomic E-state index is 0.0643. The lowest BCUT2D eigenvalue weighted by Crippen LogP contribution is -2.06. The molecule has 1 nitrogen and oxygen atoms in total. The normalized spacial score (nSPS) is 21.0. The van der Waals surface area contributed by atoms with Crippen molar-refractivity contribution in [3.8, 4) is 0 Å². The van der Waals surface area contributed by atoms with Gasteiger partial charge in [-0.05, 0) is 17.7 Å². The maximum Gasteiger partial charge on any atom is 0.417 e. The Balaban J connectivity index is 2.41. The number of hydrogen-bond donors (Lipinski definition) is 0. The van der Waals surface area contributed by atoms with Gasteiger partial charge in [0.1, 0.15) is 6.10 Å². The highest BCUT2D eigenvalue weighted by Crippen LogP contribution is 2.38. The summed E-state index contributed by atoms with van der Waals surface area (Å²) in [5.74, 6) is 0. The Morgan fingerprint density at radius 1 is 1.36 bits per heavy atom. The lowest BCUT2D eigenvalue weighted by molar-refractivity contribution is -0.138. The first-order valence-corrected chi connectivity index (χ1v) is 4.76. The molecule has 2 rings (SSSR count). The third-order valence-electron chi connectivity index (χ3n) is 2.00. The van der Waals surface area contributed by atoms with Crippen LogP contribution in [0.5, 0.6) is 0 Å². The molecule has 14 heavy (non-hydrogen) atoms. The van der Waals surface area contributed by atoms with E-state index in [1.54, 1.807) is 6.07 Å². The first-order chi connectivity index (χ1) is 6.48. The molecule has 1 atom stereocenters. The topological polar surface area (TPSA) is 12.5 Å². The van der Waals surface area contributed by atoms with Gasteiger partial charge in [-0.1, -0.05) is 22.0 Å². The van der Waals surface area contributed by atoms with Crippen LogP contribution < -0.4 is 0 Å². The molecule has 0 amide bonds. The quantitative estimate of drug-likeness (QED) is 0.709. The van der Waals surface area contributed by atoms with E-state index in [1.807, 2.05) is 0 Å². The van der Waals surface area contributed by atoms with E-state index in [4.69, 9.17) is 4.74 Å². The fraction of sp³-hybridized carbons (Fsp3) is 0.333. The van der Waals surface area contributed by atoms with Gasteiger partial charge in [0.25, 0.3) is 0 Å². The van der Waals surface area contributed by atoms with Crippen LogP contribution in [0.3, 0.4) is 0 Å². The van der Waals surface area contributed by atoms with Crippen molar-refractivity contribution in [1.29, 1.82) is 0 Å². The number of rotatable bonds is 1. The smallest absolute Gasteiger partial charge is 0.368 e. The number of alkyl halides is 3. The molecule has 1 fully saturated rings. The van der Waals surface area contributed by atoms with E-state index in [2.05, 4.69) is 15.9 Å². The molecule has 1 aromatic rings. The fourth-order valence-corrected chi connectivity index (χ4v) is 1.67. The van der Waals surface area contributed by atoms with Gasteiger partial charge in [-0.2, -0.15) is 13.2 Å². The summed E-state index contributed by atoms with van der Waals surface area (Å²) in [5.41, 5.74) is -0.0639. The zero-order valence-electron chi connectivity index (χ0n) is 6.94. The van der Waals surface area contributed by atoms with Crippen molar-refractivity contribution in [2.75, 3.05) is 6.61 Å². The summed E-state index contributed by atoms with van der Waals surface area (Å²) in [6, 6.07) is 4.17. The Hall–Kier alpha value is -0.550. The van der Waals surface area contributed by atoms with E-state index in [1.165, 1.54) is 6.07 Å². The number of halogens is 4. The highest BCUT2D eigenvalue weighted by Gasteiger charge is 2.35. The summed E-state index contributed by atoms with van der Waals surface area (Å²) in [6.07, 6.45) is -4.46. The van der Waals surface area contributed by atoms with Gasteiger partial charge in [0, 0.05) is 4.47 Å². The highest BCUT2D eigenvalue weighted by atomic mass is 79.9. The zero-order valence-corrected chi connectivity index (χ0v) is 8.52. The molecule has 0 saturated carbocycles. The standard InChI is InChI=1S/C9H6BrF3O/c10-7-2-1-5(8-4-14-8)3-6(7)9(11,12)13/h1-3,8H,4H2. The molecule has 0 radical (unpaired) electrons. The molecule has 5 heteroatoms. The van der Waals surface area contributed by atoms with E-state index in [0.717, 1.165) is 6.07 Å². The number of hydrogen-bond acceptors (Lipinski definition) is 1. The third kappa shape index (κ3) is 1.93. The van der Waals surface area contributed by atoms with Crippen LogP contribution in [0.1, 0.15) is 17.2 Å². The second kappa shape index (κ2) is 3.24. The Morgan fingerprint density at radius 3 is 2.50 bits per heavy atom. The van der Waals surface area contributed by atoms with Crippen molar-refractivity contribution in [3.05, 3.63) is 33.8 Å². The largest absolute Gasteiger partial charge is 0.417 e. The second-order valence-corrected chi connectivity index (χ2v) is 3.91. The first-order valence-electron chi connectivity index (χ1n) is 3.97. The van der Waals surface area contributed by atoms with Gasteiger partial charge < -0.3 is 4.74 Å². The van der Waals surface area contributed by atoms with Crippen molar-refractivity contribution in [3.63, 3.8) is 0 Å². The predicted molar refractivity (Wildman–Crippen MR) is 47.8 cm³/mol. The minimum atomic E-state index is -4.32. The molecule has 1 heterocycles. The van der Waals surface area contributed by atoms with Crippen LogP contribution in [-0.2, 0) is 10.9 Å². The molecule has 1 aliphatic heterocycles. The molecular weight excluding hydrogens is 261 g/mol. The summed E-state index contributed by atoms with van der Waals surface area (Å²) in [6.45, 7) is 0.513. The predicted octanol–water partition coefficient (Wildman–Crippen LogP) is 3.54. The Labute approximate surface area is 87.0 Å². The van der Waals surface area contributed by atoms with E-state index in [0.29, 0.717) is 12.2 Å². The van der Waals surface area contributed by atoms with Gasteiger partial charge in [-0.25, -0.2) is 0 Å². The van der Waals surface area contributed by atoms with Crippen molar-refractivity contribution in [2.45, 2.75) is 12.3 Å². The average Bonchev–Trinajstić information content (AvgIpc) is 2.85. The van der Waals surface area contributed by atoms with Crippen LogP contribution in [0.4, 0.5) is 13.2 Å². The van der Waals surface area contributed by atoms with Gasteiger partial charge in [0.2, 0.25) is 0 Å². The van der Waals surface area contributed by atoms with Crippen LogP contribution in [0.2, 0.25) is 0 Å². The van der Waals surface area contributed by atoms with Crippen LogP contribution >= 0.6 is 15.9 Å². The molecule has 1 aromatic carbocycles. The lowest BCUT2D eigenvalue weighted by Gasteiger charge is -2.09. The molecule has 1 aliphatic rings. The van der Waals surface area contributed by atoms with Crippen LogP contribution in [0, 0.1) is 0 Å². The maximum atomic E-state index is 12.4. The summed E-state index contributed by atoms with van der Waals surface area (Å²) in [4.78, 5) is 0. The van der Waals surface area contributed by atoms with Crippen molar-refractivity contribution >= 4 is 15.9 Å². The summed E-state index contributed by atoms with van der Waals surface area (Å²) < 4.78 is 42.3. The van der Waals surface area contributed by atoms with Crippen LogP contribution in [-0.4, -0.2) is 6.61 Å². The summed E-state index contributed by atoms with van der Waals surface area (Å²) in [7, 11) is 0. The molecule has 0 bridgehead atoms. The minimum Gasteiger partial charge on any atom is -0.368 e. The van der Waals surface area contributed by atoms with E-state index < -0.39 is 11.7 Å². The van der Waals surface area contributed by atoms with E-state index >= 15 is 0 Å². The second-order valence-electron chi connectivity index (χ2n) is 3.06. The van der Waals surface area contributed by atoms with Gasteiger partial charge in [0.05, 0.1) is 12.2 Å². The first kappa shape index (κ1) is 9.98. The summed E-state index contributed by atoms with van der Waals surface area (Å²) >= 11 is 2.87. The summed E-state index contributed by atoms with van der Waals surface area (Å²) in [5, 5.41) is 0. The van der Waals surface area contributed by atoms with Crippen LogP contribution in [0.25, 0.3) is 0 Å². The Kier molecular flexibility index (Phi) is 2.31. The van der Waals surface area contributed by atoms with Crippen molar-refractivity contribution < 1.29 is 17.9 Å². The zero-order chi connectivity index (χ0) is 10.3. The van der Waals surface area contributed by atoms with Gasteiger partial charge in [-0.3, -0.25) is 0 Å². The molecule has 0 N–H and O–H groups in total. The van der Waals surface area contributed by atoms with E-state index in [-0.39, 0.29) is 10.6 Å². The molecule has 1 unspecified atom stereocenters. The molecule has 0 aliphatic carbocycles. The molecule has 1 saturated heterocycles. The van der Waals surface area contributed by atoms with Crippen LogP contribution in [0.15, 0.2) is 22.7 Å². The average molecular weight is 267 g/mol. The maximum absolute atomic E-state index is 12.4. The lowest BCUT2D eigenvalue weighted by atomic mass is 10.1. The van der Waals surface area contributed by atoms with Crippen molar-refractivity contribution in [2.24, 2.45) is 0 Å². The van der Waals surface area contributed by atoms with Gasteiger partial charge in [-0.15, -0.1) is 0 Å². The Morgan fingerprint density at radius 2 is 2.00 bits per heavy atom. The Bertz CT molecular complexity index is 358. The molecule has 76 valence electrons. The number of benzene rings is 1. The third-order valence-corrected chi connectivity index (χ3v) is 2.69. The number of ether oxygens (including phenoxy) is 1. The van der Waals surface area contributed by atoms with Crippen molar-refractivity contribution in [1.82, 2.24) is 0 Å². The highest BCUT2D eigenvalue weighted by molar-refractivity contribution is 9.10. The molecule has 0 aromatic heterocycles.